The third kappa shape index (κ3) is 2.73. The molecule has 2 aliphatic rings. The highest BCUT2D eigenvalue weighted by molar-refractivity contribution is 5.94. The highest BCUT2D eigenvalue weighted by Crippen LogP contribution is 2.28. The molecule has 1 N–H and O–H groups in total. The van der Waals surface area contributed by atoms with Crippen LogP contribution in [0.2, 0.25) is 0 Å². The van der Waals surface area contributed by atoms with Gasteiger partial charge < -0.3 is 14.2 Å². The second-order valence-corrected chi connectivity index (χ2v) is 6.70. The first-order chi connectivity index (χ1) is 12.2. The van der Waals surface area contributed by atoms with Gasteiger partial charge in [-0.25, -0.2) is 4.79 Å². The monoisotopic (exact) mass is 342 g/mol. The smallest absolute Gasteiger partial charge is 0.354 e. The second kappa shape index (κ2) is 6.38. The van der Waals surface area contributed by atoms with Crippen molar-refractivity contribution in [3.05, 3.63) is 41.0 Å². The van der Waals surface area contributed by atoms with Crippen molar-refractivity contribution >= 4 is 11.9 Å². The molecule has 2 aromatic heterocycles. The molecule has 0 unspecified atom stereocenters. The number of fused-ring (bicyclic) bond motifs is 1. The summed E-state index contributed by atoms with van der Waals surface area (Å²) in [6, 6.07) is 3.84. The molecule has 0 atom stereocenters. The summed E-state index contributed by atoms with van der Waals surface area (Å²) in [7, 11) is 1.39. The van der Waals surface area contributed by atoms with Crippen LogP contribution in [-0.2, 0) is 17.6 Å². The lowest BCUT2D eigenvalue weighted by atomic mass is 10.0. The Balaban J connectivity index is 1.44. The van der Waals surface area contributed by atoms with Gasteiger partial charge in [-0.2, -0.15) is 5.10 Å². The average Bonchev–Trinajstić information content (AvgIpc) is 3.36. The minimum atomic E-state index is -0.324. The zero-order valence-corrected chi connectivity index (χ0v) is 14.3. The van der Waals surface area contributed by atoms with Gasteiger partial charge in [0.1, 0.15) is 5.69 Å². The largest absolute Gasteiger partial charge is 0.464 e. The SMILES string of the molecule is COC(=O)c1cccn1C1CCN(C(=O)c2n[nH]c3c2CCC3)CC1. The summed E-state index contributed by atoms with van der Waals surface area (Å²) in [6.07, 6.45) is 6.57. The van der Waals surface area contributed by atoms with Crippen molar-refractivity contribution in [3.63, 3.8) is 0 Å². The van der Waals surface area contributed by atoms with Gasteiger partial charge in [0.15, 0.2) is 5.69 Å². The summed E-state index contributed by atoms with van der Waals surface area (Å²) in [4.78, 5) is 26.5. The van der Waals surface area contributed by atoms with E-state index in [1.165, 1.54) is 7.11 Å². The van der Waals surface area contributed by atoms with E-state index in [4.69, 9.17) is 4.74 Å². The minimum Gasteiger partial charge on any atom is -0.464 e. The fraction of sp³-hybridized carbons (Fsp3) is 0.500. The number of methoxy groups -OCH3 is 1. The van der Waals surface area contributed by atoms with Crippen molar-refractivity contribution < 1.29 is 14.3 Å². The predicted octanol–water partition coefficient (Wildman–Crippen LogP) is 1.96. The van der Waals surface area contributed by atoms with Crippen LogP contribution in [0.4, 0.5) is 0 Å². The Hall–Kier alpha value is -2.57. The number of piperidine rings is 1. The normalized spacial score (nSPS) is 17.6. The molecule has 0 saturated carbocycles. The number of H-pyrrole nitrogens is 1. The molecule has 25 heavy (non-hydrogen) atoms. The second-order valence-electron chi connectivity index (χ2n) is 6.70. The third-order valence-electron chi connectivity index (χ3n) is 5.33. The van der Waals surface area contributed by atoms with Crippen LogP contribution in [0.25, 0.3) is 0 Å². The molecule has 0 bridgehead atoms. The van der Waals surface area contributed by atoms with Gasteiger partial charge in [-0.1, -0.05) is 0 Å². The number of hydrogen-bond acceptors (Lipinski definition) is 4. The number of amides is 1. The summed E-state index contributed by atoms with van der Waals surface area (Å²) < 4.78 is 6.81. The number of aryl methyl sites for hydroxylation is 1. The Morgan fingerprint density at radius 3 is 2.84 bits per heavy atom. The van der Waals surface area contributed by atoms with Crippen molar-refractivity contribution in [1.82, 2.24) is 19.7 Å². The first-order valence-electron chi connectivity index (χ1n) is 8.79. The Labute approximate surface area is 146 Å². The molecule has 1 aliphatic heterocycles. The number of hydrogen-bond donors (Lipinski definition) is 1. The van der Waals surface area contributed by atoms with E-state index in [-0.39, 0.29) is 17.9 Å². The standard InChI is InChI=1S/C18H22N4O3/c1-25-18(24)15-6-3-9-22(15)12-7-10-21(11-8-12)17(23)16-13-4-2-5-14(13)19-20-16/h3,6,9,12H,2,4-5,7-8,10-11H2,1H3,(H,19,20). The molecular weight excluding hydrogens is 320 g/mol. The van der Waals surface area contributed by atoms with Crippen molar-refractivity contribution in [2.24, 2.45) is 0 Å². The fourth-order valence-electron chi connectivity index (χ4n) is 3.98. The van der Waals surface area contributed by atoms with Gasteiger partial charge in [0.05, 0.1) is 7.11 Å². The lowest BCUT2D eigenvalue weighted by Crippen LogP contribution is -2.39. The van der Waals surface area contributed by atoms with Crippen LogP contribution < -0.4 is 0 Å². The van der Waals surface area contributed by atoms with E-state index >= 15 is 0 Å². The molecular formula is C18H22N4O3. The molecule has 0 aromatic carbocycles. The van der Waals surface area contributed by atoms with Crippen LogP contribution in [0.1, 0.15) is 57.5 Å². The van der Waals surface area contributed by atoms with Gasteiger partial charge in [0.25, 0.3) is 5.91 Å². The maximum atomic E-state index is 12.8. The summed E-state index contributed by atoms with van der Waals surface area (Å²) in [5.74, 6) is -0.297. The van der Waals surface area contributed by atoms with E-state index in [2.05, 4.69) is 10.2 Å². The van der Waals surface area contributed by atoms with Gasteiger partial charge in [-0.15, -0.1) is 0 Å². The zero-order valence-electron chi connectivity index (χ0n) is 14.3. The number of aromatic amines is 1. The van der Waals surface area contributed by atoms with Gasteiger partial charge in [0.2, 0.25) is 0 Å². The number of rotatable bonds is 3. The van der Waals surface area contributed by atoms with E-state index in [0.29, 0.717) is 24.5 Å². The zero-order chi connectivity index (χ0) is 17.4. The number of carbonyl (C=O) groups excluding carboxylic acids is 2. The van der Waals surface area contributed by atoms with Gasteiger partial charge in [-0.3, -0.25) is 9.89 Å². The molecule has 7 heteroatoms. The van der Waals surface area contributed by atoms with E-state index < -0.39 is 0 Å². The van der Waals surface area contributed by atoms with Crippen molar-refractivity contribution in [2.45, 2.75) is 38.1 Å². The number of ether oxygens (including phenoxy) is 1. The molecule has 4 rings (SSSR count). The lowest BCUT2D eigenvalue weighted by Gasteiger charge is -2.33. The van der Waals surface area contributed by atoms with Crippen molar-refractivity contribution in [3.8, 4) is 0 Å². The fourth-order valence-corrected chi connectivity index (χ4v) is 3.98. The summed E-state index contributed by atoms with van der Waals surface area (Å²) in [5.41, 5.74) is 3.39. The molecule has 0 radical (unpaired) electrons. The Bertz CT molecular complexity index is 799. The molecule has 3 heterocycles. The number of aromatic nitrogens is 3. The van der Waals surface area contributed by atoms with E-state index in [9.17, 15) is 9.59 Å². The predicted molar refractivity (Wildman–Crippen MR) is 90.6 cm³/mol. The number of esters is 1. The molecule has 1 amide bonds. The molecule has 0 spiro atoms. The lowest BCUT2D eigenvalue weighted by molar-refractivity contribution is 0.0572. The summed E-state index contributed by atoms with van der Waals surface area (Å²) in [5, 5.41) is 7.26. The Morgan fingerprint density at radius 1 is 1.28 bits per heavy atom. The Morgan fingerprint density at radius 2 is 2.08 bits per heavy atom. The number of carbonyl (C=O) groups is 2. The first-order valence-corrected chi connectivity index (χ1v) is 8.79. The molecule has 132 valence electrons. The number of likely N-dealkylation sites (tertiary alicyclic amines) is 1. The highest BCUT2D eigenvalue weighted by atomic mass is 16.5. The first kappa shape index (κ1) is 15.9. The maximum Gasteiger partial charge on any atom is 0.354 e. The molecule has 1 saturated heterocycles. The van der Waals surface area contributed by atoms with Crippen molar-refractivity contribution in [2.75, 3.05) is 20.2 Å². The quantitative estimate of drug-likeness (QED) is 0.865. The van der Waals surface area contributed by atoms with E-state index in [1.54, 1.807) is 6.07 Å². The van der Waals surface area contributed by atoms with Crippen LogP contribution >= 0.6 is 0 Å². The van der Waals surface area contributed by atoms with Crippen LogP contribution in [0.3, 0.4) is 0 Å². The van der Waals surface area contributed by atoms with E-state index in [0.717, 1.165) is 43.4 Å². The number of nitrogens with zero attached hydrogens (tertiary/aromatic N) is 3. The van der Waals surface area contributed by atoms with E-state index in [1.807, 2.05) is 21.7 Å². The minimum absolute atomic E-state index is 0.0264. The van der Waals surface area contributed by atoms with Crippen LogP contribution in [0.15, 0.2) is 18.3 Å². The highest BCUT2D eigenvalue weighted by Gasteiger charge is 2.30. The van der Waals surface area contributed by atoms with Crippen LogP contribution in [0.5, 0.6) is 0 Å². The third-order valence-corrected chi connectivity index (χ3v) is 5.33. The summed E-state index contributed by atoms with van der Waals surface area (Å²) in [6.45, 7) is 1.34. The summed E-state index contributed by atoms with van der Waals surface area (Å²) >= 11 is 0. The molecule has 1 aliphatic carbocycles. The maximum absolute atomic E-state index is 12.8. The van der Waals surface area contributed by atoms with Crippen LogP contribution in [0, 0.1) is 0 Å². The molecule has 1 fully saturated rings. The number of nitrogens with one attached hydrogen (secondary N) is 1. The van der Waals surface area contributed by atoms with Gasteiger partial charge in [-0.05, 0) is 44.2 Å². The van der Waals surface area contributed by atoms with Gasteiger partial charge in [0, 0.05) is 36.6 Å². The topological polar surface area (TPSA) is 80.2 Å². The van der Waals surface area contributed by atoms with Crippen LogP contribution in [-0.4, -0.2) is 51.7 Å². The van der Waals surface area contributed by atoms with Gasteiger partial charge >= 0.3 is 5.97 Å². The Kier molecular flexibility index (Phi) is 4.07. The average molecular weight is 342 g/mol. The van der Waals surface area contributed by atoms with Crippen molar-refractivity contribution in [1.29, 1.82) is 0 Å². The molecule has 2 aromatic rings. The molecule has 7 nitrogen and oxygen atoms in total.